The molecule has 1 unspecified atom stereocenters. The maximum atomic E-state index is 13.3. The van der Waals surface area contributed by atoms with Gasteiger partial charge in [0.1, 0.15) is 54.9 Å². The zero-order chi connectivity index (χ0) is 49.1. The van der Waals surface area contributed by atoms with Gasteiger partial charge in [-0.3, -0.25) is 4.79 Å². The van der Waals surface area contributed by atoms with Crippen LogP contribution in [0.25, 0.3) is 0 Å². The Labute approximate surface area is 404 Å². The predicted molar refractivity (Wildman–Crippen MR) is 260 cm³/mol. The summed E-state index contributed by atoms with van der Waals surface area (Å²) in [4.78, 5) is 13.3. The van der Waals surface area contributed by atoms with E-state index in [0.29, 0.717) is 6.42 Å². The van der Waals surface area contributed by atoms with Gasteiger partial charge in [-0.05, 0) is 19.3 Å². The van der Waals surface area contributed by atoms with Crippen LogP contribution in [0.4, 0.5) is 0 Å². The second-order valence-electron chi connectivity index (χ2n) is 19.5. The van der Waals surface area contributed by atoms with Crippen molar-refractivity contribution in [3.63, 3.8) is 0 Å². The van der Waals surface area contributed by atoms with E-state index in [2.05, 4.69) is 19.2 Å². The highest BCUT2D eigenvalue weighted by Gasteiger charge is 2.51. The van der Waals surface area contributed by atoms with Gasteiger partial charge in [-0.25, -0.2) is 0 Å². The first-order valence-electron chi connectivity index (χ1n) is 27.0. The lowest BCUT2D eigenvalue weighted by atomic mass is 9.97. The van der Waals surface area contributed by atoms with Gasteiger partial charge in [0.15, 0.2) is 12.6 Å². The summed E-state index contributed by atoms with van der Waals surface area (Å²) in [5.74, 6) is -0.676. The first kappa shape index (κ1) is 61.8. The number of unbranched alkanes of at least 4 members (excludes halogenated alkanes) is 28. The Morgan fingerprint density at radius 3 is 1.42 bits per heavy atom. The third-order valence-corrected chi connectivity index (χ3v) is 13.6. The van der Waals surface area contributed by atoms with Gasteiger partial charge >= 0.3 is 0 Å². The smallest absolute Gasteiger partial charge is 0.249 e. The molecule has 0 radical (unpaired) electrons. The summed E-state index contributed by atoms with van der Waals surface area (Å²) in [5, 5.41) is 97.4. The zero-order valence-corrected chi connectivity index (χ0v) is 41.8. The Morgan fingerprint density at radius 2 is 0.955 bits per heavy atom. The van der Waals surface area contributed by atoms with Crippen LogP contribution in [-0.2, 0) is 23.7 Å². The fourth-order valence-corrected chi connectivity index (χ4v) is 9.06. The quantitative estimate of drug-likeness (QED) is 0.0231. The fourth-order valence-electron chi connectivity index (χ4n) is 9.06. The van der Waals surface area contributed by atoms with E-state index in [4.69, 9.17) is 18.9 Å². The molecule has 67 heavy (non-hydrogen) atoms. The molecule has 0 aromatic heterocycles. The molecule has 15 nitrogen and oxygen atoms in total. The Bertz CT molecular complexity index is 1200. The number of ether oxygens (including phenoxy) is 4. The van der Waals surface area contributed by atoms with Crippen molar-refractivity contribution in [3.05, 3.63) is 12.2 Å². The molecule has 0 spiro atoms. The minimum absolute atomic E-state index is 0.258. The van der Waals surface area contributed by atoms with E-state index in [1.54, 1.807) is 6.08 Å². The summed E-state index contributed by atoms with van der Waals surface area (Å²) >= 11 is 0. The fraction of sp³-hybridized carbons (Fsp3) is 0.942. The van der Waals surface area contributed by atoms with Crippen LogP contribution in [0.2, 0.25) is 0 Å². The van der Waals surface area contributed by atoms with E-state index in [-0.39, 0.29) is 6.42 Å². The molecule has 13 atom stereocenters. The third-order valence-electron chi connectivity index (χ3n) is 13.6. The monoisotopic (exact) mass is 962 g/mol. The van der Waals surface area contributed by atoms with E-state index >= 15 is 0 Å². The van der Waals surface area contributed by atoms with Crippen molar-refractivity contribution in [2.24, 2.45) is 0 Å². The maximum absolute atomic E-state index is 13.3. The van der Waals surface area contributed by atoms with Crippen molar-refractivity contribution in [2.75, 3.05) is 19.8 Å². The topological polar surface area (TPSA) is 248 Å². The number of hydrogen-bond acceptors (Lipinski definition) is 14. The molecule has 0 bridgehead atoms. The standard InChI is InChI=1S/C52H99NO14/c1-3-5-7-9-11-13-15-17-18-19-20-21-23-25-27-29-31-33-35-41(57)50(63)53-39(40(56)34-32-30-28-26-24-22-16-14-12-10-8-6-4-2)38-64-51-48(62)46(60)49(43(37-55)66-51)67-52-47(61)45(59)44(58)42(36-54)65-52/h32,34,39-49,51-52,54-62H,3-31,33,35-38H2,1-2H3,(H,53,63)/b34-32+/t39-,40+,41?,42+,43+,44-,45-,46+,47+,48+,49+,51+,52-/m0/s1. The second kappa shape index (κ2) is 39.3. The molecule has 2 heterocycles. The first-order chi connectivity index (χ1) is 32.5. The number of aliphatic hydroxyl groups is 9. The van der Waals surface area contributed by atoms with E-state index in [1.807, 2.05) is 6.08 Å². The number of hydrogen-bond donors (Lipinski definition) is 10. The number of amides is 1. The van der Waals surface area contributed by atoms with Gasteiger partial charge in [-0.2, -0.15) is 0 Å². The van der Waals surface area contributed by atoms with Crippen molar-refractivity contribution in [3.8, 4) is 0 Å². The number of aliphatic hydroxyl groups excluding tert-OH is 9. The molecule has 0 aromatic rings. The predicted octanol–water partition coefficient (Wildman–Crippen LogP) is 6.52. The molecule has 0 aliphatic carbocycles. The number of rotatable bonds is 42. The lowest BCUT2D eigenvalue weighted by Gasteiger charge is -2.46. The molecule has 2 saturated heterocycles. The van der Waals surface area contributed by atoms with Crippen LogP contribution in [0.5, 0.6) is 0 Å². The Kier molecular flexibility index (Phi) is 36.3. The van der Waals surface area contributed by atoms with Crippen molar-refractivity contribution in [1.29, 1.82) is 0 Å². The lowest BCUT2D eigenvalue weighted by molar-refractivity contribution is -0.359. The molecular formula is C52H99NO14. The molecular weight excluding hydrogens is 863 g/mol. The van der Waals surface area contributed by atoms with E-state index in [0.717, 1.165) is 44.9 Å². The van der Waals surface area contributed by atoms with Gasteiger partial charge < -0.3 is 70.2 Å². The highest BCUT2D eigenvalue weighted by atomic mass is 16.7. The molecule has 10 N–H and O–H groups in total. The van der Waals surface area contributed by atoms with Crippen LogP contribution in [0.1, 0.15) is 213 Å². The normalized spacial score (nSPS) is 27.1. The minimum Gasteiger partial charge on any atom is -0.394 e. The van der Waals surface area contributed by atoms with Crippen molar-refractivity contribution in [2.45, 2.75) is 293 Å². The molecule has 2 aliphatic heterocycles. The number of allylic oxidation sites excluding steroid dienone is 1. The Hall–Kier alpha value is -1.31. The molecule has 0 saturated carbocycles. The van der Waals surface area contributed by atoms with E-state index < -0.39 is 105 Å². The van der Waals surface area contributed by atoms with Gasteiger partial charge in [-0.1, -0.05) is 206 Å². The van der Waals surface area contributed by atoms with Gasteiger partial charge in [0.25, 0.3) is 0 Å². The van der Waals surface area contributed by atoms with Gasteiger partial charge in [0.05, 0.1) is 32.0 Å². The highest BCUT2D eigenvalue weighted by molar-refractivity contribution is 5.80. The summed E-state index contributed by atoms with van der Waals surface area (Å²) in [6.07, 6.45) is 21.4. The molecule has 2 aliphatic rings. The molecule has 0 aromatic carbocycles. The molecule has 2 fully saturated rings. The average Bonchev–Trinajstić information content (AvgIpc) is 3.33. The number of carbonyl (C=O) groups excluding carboxylic acids is 1. The number of nitrogens with one attached hydrogen (secondary N) is 1. The van der Waals surface area contributed by atoms with Crippen LogP contribution >= 0.6 is 0 Å². The van der Waals surface area contributed by atoms with Crippen LogP contribution in [0.3, 0.4) is 0 Å². The molecule has 396 valence electrons. The maximum Gasteiger partial charge on any atom is 0.249 e. The minimum atomic E-state index is -1.81. The lowest BCUT2D eigenvalue weighted by Crippen LogP contribution is -2.65. The van der Waals surface area contributed by atoms with Gasteiger partial charge in [0, 0.05) is 0 Å². The van der Waals surface area contributed by atoms with Crippen molar-refractivity contribution >= 4 is 5.91 Å². The van der Waals surface area contributed by atoms with Crippen LogP contribution in [0.15, 0.2) is 12.2 Å². The second-order valence-corrected chi connectivity index (χ2v) is 19.5. The third kappa shape index (κ3) is 26.1. The van der Waals surface area contributed by atoms with Crippen LogP contribution < -0.4 is 5.32 Å². The largest absolute Gasteiger partial charge is 0.394 e. The van der Waals surface area contributed by atoms with Crippen LogP contribution in [-0.4, -0.2) is 151 Å². The highest BCUT2D eigenvalue weighted by Crippen LogP contribution is 2.30. The number of carbonyl (C=O) groups is 1. The molecule has 15 heteroatoms. The van der Waals surface area contributed by atoms with Crippen molar-refractivity contribution in [1.82, 2.24) is 5.32 Å². The summed E-state index contributed by atoms with van der Waals surface area (Å²) in [6, 6.07) is -1.08. The summed E-state index contributed by atoms with van der Waals surface area (Å²) < 4.78 is 22.6. The zero-order valence-electron chi connectivity index (χ0n) is 41.8. The summed E-state index contributed by atoms with van der Waals surface area (Å²) in [5.41, 5.74) is 0. The van der Waals surface area contributed by atoms with Gasteiger partial charge in [-0.15, -0.1) is 0 Å². The average molecular weight is 962 g/mol. The first-order valence-corrected chi connectivity index (χ1v) is 27.0. The Balaban J connectivity index is 1.84. The summed E-state index contributed by atoms with van der Waals surface area (Å²) in [7, 11) is 0. The van der Waals surface area contributed by atoms with E-state index in [1.165, 1.54) is 141 Å². The van der Waals surface area contributed by atoms with Crippen LogP contribution in [0, 0.1) is 0 Å². The molecule has 2 rings (SSSR count). The van der Waals surface area contributed by atoms with Gasteiger partial charge in [0.2, 0.25) is 5.91 Å². The Morgan fingerprint density at radius 1 is 0.537 bits per heavy atom. The van der Waals surface area contributed by atoms with Crippen molar-refractivity contribution < 1.29 is 69.7 Å². The summed E-state index contributed by atoms with van der Waals surface area (Å²) in [6.45, 7) is 2.61. The molecule has 1 amide bonds. The SMILES string of the molecule is CCCCCCCCCCCCC/C=C/[C@@H](O)[C@H](CO[C@@H]1O[C@H](CO)[C@@H](O[C@@H]2O[C@H](CO)[C@H](O)[C@H](O)[C@H]2O)[C@H](O)[C@H]1O)NC(=O)C(O)CCCCCCCCCCCCCCCCCCCC. The van der Waals surface area contributed by atoms with E-state index in [9.17, 15) is 50.8 Å².